The molecule has 23 heavy (non-hydrogen) atoms. The number of hydrogen-bond donors (Lipinski definition) is 2. The first kappa shape index (κ1) is 15.5. The van der Waals surface area contributed by atoms with Gasteiger partial charge in [-0.1, -0.05) is 35.5 Å². The van der Waals surface area contributed by atoms with E-state index < -0.39 is 0 Å². The van der Waals surface area contributed by atoms with E-state index in [1.54, 1.807) is 6.07 Å². The van der Waals surface area contributed by atoms with Gasteiger partial charge in [-0.05, 0) is 0 Å². The van der Waals surface area contributed by atoms with Crippen LogP contribution >= 0.6 is 0 Å². The van der Waals surface area contributed by atoms with Gasteiger partial charge in [0, 0.05) is 37.8 Å². The second kappa shape index (κ2) is 7.75. The lowest BCUT2D eigenvalue weighted by atomic mass is 10.2. The lowest BCUT2D eigenvalue weighted by Gasteiger charge is -2.26. The summed E-state index contributed by atoms with van der Waals surface area (Å²) in [7, 11) is 0. The Kier molecular flexibility index (Phi) is 5.23. The molecule has 2 aromatic rings. The van der Waals surface area contributed by atoms with Crippen LogP contribution in [0.4, 0.5) is 10.6 Å². The van der Waals surface area contributed by atoms with Crippen molar-refractivity contribution in [2.45, 2.75) is 0 Å². The Labute approximate surface area is 134 Å². The molecule has 122 valence electrons. The summed E-state index contributed by atoms with van der Waals surface area (Å²) in [4.78, 5) is 14.1. The van der Waals surface area contributed by atoms with E-state index in [0.717, 1.165) is 38.4 Å². The molecule has 1 aliphatic rings. The number of urea groups is 1. The van der Waals surface area contributed by atoms with Crippen molar-refractivity contribution in [1.82, 2.24) is 15.4 Å². The van der Waals surface area contributed by atoms with Crippen LogP contribution in [0.25, 0.3) is 11.3 Å². The minimum absolute atomic E-state index is 0.286. The van der Waals surface area contributed by atoms with Crippen molar-refractivity contribution in [2.75, 3.05) is 44.7 Å². The molecule has 7 heteroatoms. The number of carbonyl (C=O) groups is 1. The summed E-state index contributed by atoms with van der Waals surface area (Å²) in [6.45, 7) is 4.72. The Bertz CT molecular complexity index is 623. The number of morpholine rings is 1. The largest absolute Gasteiger partial charge is 0.379 e. The number of nitrogens with zero attached hydrogens (tertiary/aromatic N) is 2. The van der Waals surface area contributed by atoms with E-state index in [0.29, 0.717) is 18.1 Å². The predicted molar refractivity (Wildman–Crippen MR) is 86.2 cm³/mol. The van der Waals surface area contributed by atoms with Crippen LogP contribution in [-0.2, 0) is 4.74 Å². The molecule has 0 aliphatic carbocycles. The molecule has 2 amide bonds. The van der Waals surface area contributed by atoms with Crippen molar-refractivity contribution < 1.29 is 14.1 Å². The number of anilines is 1. The van der Waals surface area contributed by atoms with E-state index in [1.165, 1.54) is 0 Å². The summed E-state index contributed by atoms with van der Waals surface area (Å²) >= 11 is 0. The van der Waals surface area contributed by atoms with Crippen molar-refractivity contribution in [3.8, 4) is 11.3 Å². The molecule has 0 atom stereocenters. The number of hydrogen-bond acceptors (Lipinski definition) is 5. The maximum Gasteiger partial charge on any atom is 0.320 e. The van der Waals surface area contributed by atoms with Crippen LogP contribution in [0.2, 0.25) is 0 Å². The van der Waals surface area contributed by atoms with Crippen LogP contribution in [0.15, 0.2) is 40.9 Å². The Morgan fingerprint density at radius 1 is 1.22 bits per heavy atom. The number of nitrogens with one attached hydrogen (secondary N) is 2. The van der Waals surface area contributed by atoms with Crippen molar-refractivity contribution in [3.05, 3.63) is 36.4 Å². The normalized spacial score (nSPS) is 15.3. The van der Waals surface area contributed by atoms with Crippen LogP contribution < -0.4 is 10.6 Å². The molecule has 1 aromatic carbocycles. The average Bonchev–Trinajstić information content (AvgIpc) is 3.05. The molecule has 0 spiro atoms. The van der Waals surface area contributed by atoms with Crippen LogP contribution in [0.5, 0.6) is 0 Å². The number of benzene rings is 1. The van der Waals surface area contributed by atoms with Gasteiger partial charge in [0.2, 0.25) is 0 Å². The van der Waals surface area contributed by atoms with E-state index in [2.05, 4.69) is 20.7 Å². The number of rotatable bonds is 5. The van der Waals surface area contributed by atoms with Crippen LogP contribution in [0, 0.1) is 0 Å². The highest BCUT2D eigenvalue weighted by Gasteiger charge is 2.11. The molecule has 2 N–H and O–H groups in total. The summed E-state index contributed by atoms with van der Waals surface area (Å²) in [6.07, 6.45) is 0. The molecule has 1 aromatic heterocycles. The third-order valence-electron chi connectivity index (χ3n) is 3.63. The molecule has 0 bridgehead atoms. The molecule has 2 heterocycles. The summed E-state index contributed by atoms with van der Waals surface area (Å²) in [6, 6.07) is 11.0. The molecule has 3 rings (SSSR count). The molecule has 1 saturated heterocycles. The minimum atomic E-state index is -0.286. The van der Waals surface area contributed by atoms with E-state index in [4.69, 9.17) is 9.26 Å². The standard InChI is InChI=1S/C16H20N4O3/c21-16(17-6-7-20-8-10-22-11-9-20)18-15-12-14(23-19-15)13-4-2-1-3-5-13/h1-5,12H,6-11H2,(H2,17,18,19,21). The smallest absolute Gasteiger partial charge is 0.320 e. The predicted octanol–water partition coefficient (Wildman–Crippen LogP) is 1.80. The van der Waals surface area contributed by atoms with Crippen molar-refractivity contribution in [1.29, 1.82) is 0 Å². The van der Waals surface area contributed by atoms with Crippen molar-refractivity contribution in [2.24, 2.45) is 0 Å². The van der Waals surface area contributed by atoms with Gasteiger partial charge in [-0.3, -0.25) is 10.2 Å². The summed E-state index contributed by atoms with van der Waals surface area (Å²) < 4.78 is 10.5. The number of ether oxygens (including phenoxy) is 1. The first-order valence-corrected chi connectivity index (χ1v) is 7.68. The van der Waals surface area contributed by atoms with Gasteiger partial charge < -0.3 is 14.6 Å². The van der Waals surface area contributed by atoms with Crippen molar-refractivity contribution in [3.63, 3.8) is 0 Å². The SMILES string of the molecule is O=C(NCCN1CCOCC1)Nc1cc(-c2ccccc2)on1. The van der Waals surface area contributed by atoms with E-state index in [-0.39, 0.29) is 6.03 Å². The van der Waals surface area contributed by atoms with Gasteiger partial charge in [-0.15, -0.1) is 0 Å². The maximum absolute atomic E-state index is 11.9. The van der Waals surface area contributed by atoms with Crippen LogP contribution in [0.3, 0.4) is 0 Å². The van der Waals surface area contributed by atoms with Gasteiger partial charge >= 0.3 is 6.03 Å². The number of amides is 2. The third kappa shape index (κ3) is 4.54. The molecule has 1 fully saturated rings. The molecule has 7 nitrogen and oxygen atoms in total. The zero-order valence-corrected chi connectivity index (χ0v) is 12.8. The highest BCUT2D eigenvalue weighted by Crippen LogP contribution is 2.21. The summed E-state index contributed by atoms with van der Waals surface area (Å²) in [5.74, 6) is 1.02. The Morgan fingerprint density at radius 2 is 2.00 bits per heavy atom. The number of aromatic nitrogens is 1. The Balaban J connectivity index is 1.44. The van der Waals surface area contributed by atoms with Gasteiger partial charge in [0.1, 0.15) is 0 Å². The van der Waals surface area contributed by atoms with Crippen molar-refractivity contribution >= 4 is 11.8 Å². The van der Waals surface area contributed by atoms with Gasteiger partial charge in [-0.25, -0.2) is 4.79 Å². The van der Waals surface area contributed by atoms with Crippen LogP contribution in [-0.4, -0.2) is 55.5 Å². The second-order valence-corrected chi connectivity index (χ2v) is 5.28. The molecular weight excluding hydrogens is 296 g/mol. The first-order chi connectivity index (χ1) is 11.3. The minimum Gasteiger partial charge on any atom is -0.379 e. The fourth-order valence-electron chi connectivity index (χ4n) is 2.39. The summed E-state index contributed by atoms with van der Waals surface area (Å²) in [5.41, 5.74) is 0.917. The molecule has 1 aliphatic heterocycles. The highest BCUT2D eigenvalue weighted by molar-refractivity contribution is 5.88. The monoisotopic (exact) mass is 316 g/mol. The zero-order chi connectivity index (χ0) is 15.9. The van der Waals surface area contributed by atoms with E-state index in [9.17, 15) is 4.79 Å². The molecule has 0 saturated carbocycles. The fourth-order valence-corrected chi connectivity index (χ4v) is 2.39. The quantitative estimate of drug-likeness (QED) is 0.879. The van der Waals surface area contributed by atoms with Gasteiger partial charge in [0.25, 0.3) is 0 Å². The Hall–Kier alpha value is -2.38. The van der Waals surface area contributed by atoms with E-state index in [1.807, 2.05) is 30.3 Å². The third-order valence-corrected chi connectivity index (χ3v) is 3.63. The molecule has 0 radical (unpaired) electrons. The lowest BCUT2D eigenvalue weighted by Crippen LogP contribution is -2.42. The maximum atomic E-state index is 11.9. The summed E-state index contributed by atoms with van der Waals surface area (Å²) in [5, 5.41) is 9.34. The van der Waals surface area contributed by atoms with E-state index >= 15 is 0 Å². The lowest BCUT2D eigenvalue weighted by molar-refractivity contribution is 0.0388. The van der Waals surface area contributed by atoms with Gasteiger partial charge in [-0.2, -0.15) is 0 Å². The topological polar surface area (TPSA) is 79.6 Å². The van der Waals surface area contributed by atoms with Gasteiger partial charge in [0.15, 0.2) is 11.6 Å². The molecule has 0 unspecified atom stereocenters. The first-order valence-electron chi connectivity index (χ1n) is 7.68. The highest BCUT2D eigenvalue weighted by atomic mass is 16.5. The average molecular weight is 316 g/mol. The van der Waals surface area contributed by atoms with Gasteiger partial charge in [0.05, 0.1) is 13.2 Å². The zero-order valence-electron chi connectivity index (χ0n) is 12.8. The fraction of sp³-hybridized carbons (Fsp3) is 0.375. The number of carbonyl (C=O) groups excluding carboxylic acids is 1. The Morgan fingerprint density at radius 3 is 2.78 bits per heavy atom. The molecular formula is C16H20N4O3. The second-order valence-electron chi connectivity index (χ2n) is 5.28. The van der Waals surface area contributed by atoms with Crippen LogP contribution in [0.1, 0.15) is 0 Å².